The first-order valence-electron chi connectivity index (χ1n) is 7.57. The molecule has 0 aliphatic carbocycles. The summed E-state index contributed by atoms with van der Waals surface area (Å²) in [5.41, 5.74) is 1.39. The van der Waals surface area contributed by atoms with E-state index in [1.807, 2.05) is 0 Å². The van der Waals surface area contributed by atoms with E-state index in [2.05, 4.69) is 5.32 Å². The molecule has 1 aromatic carbocycles. The van der Waals surface area contributed by atoms with Crippen molar-refractivity contribution < 1.29 is 23.1 Å². The van der Waals surface area contributed by atoms with Crippen molar-refractivity contribution in [3.8, 4) is 0 Å². The molecule has 0 bridgehead atoms. The van der Waals surface area contributed by atoms with Crippen LogP contribution >= 0.6 is 0 Å². The lowest BCUT2D eigenvalue weighted by Crippen LogP contribution is -2.40. The van der Waals surface area contributed by atoms with E-state index in [9.17, 15) is 23.1 Å². The van der Waals surface area contributed by atoms with Gasteiger partial charge in [-0.15, -0.1) is 0 Å². The summed E-state index contributed by atoms with van der Waals surface area (Å²) in [6.07, 6.45) is 2.54. The number of carboxylic acid groups (broad SMARTS) is 1. The van der Waals surface area contributed by atoms with Crippen LogP contribution in [0.1, 0.15) is 31.2 Å². The standard InChI is InChI=1S/C15H18N2O5S/c18-14-5-1-3-10-9-11(6-7-12(10)16-14)23(21,22)17-8-2-4-13(17)15(19)20/h6-7,9,13H,1-5,8H2,(H,16,18)(H,19,20)/t13-/m1/s1. The number of rotatable bonds is 3. The summed E-state index contributed by atoms with van der Waals surface area (Å²) >= 11 is 0. The van der Waals surface area contributed by atoms with E-state index in [1.54, 1.807) is 12.1 Å². The number of amides is 1. The van der Waals surface area contributed by atoms with Gasteiger partial charge in [0.15, 0.2) is 0 Å². The number of aryl methyl sites for hydroxylation is 1. The number of fused-ring (bicyclic) bond motifs is 1. The molecule has 0 unspecified atom stereocenters. The SMILES string of the molecule is O=C1CCCc2cc(S(=O)(=O)N3CCC[C@@H]3C(=O)O)ccc2N1. The van der Waals surface area contributed by atoms with Crippen molar-refractivity contribution in [3.63, 3.8) is 0 Å². The Morgan fingerprint density at radius 3 is 2.78 bits per heavy atom. The summed E-state index contributed by atoms with van der Waals surface area (Å²) in [6.45, 7) is 0.215. The number of carbonyl (C=O) groups is 2. The van der Waals surface area contributed by atoms with E-state index in [4.69, 9.17) is 0 Å². The number of carboxylic acids is 1. The molecule has 1 atom stereocenters. The highest BCUT2D eigenvalue weighted by atomic mass is 32.2. The molecule has 1 aromatic rings. The maximum Gasteiger partial charge on any atom is 0.322 e. The Morgan fingerprint density at radius 2 is 2.04 bits per heavy atom. The van der Waals surface area contributed by atoms with Gasteiger partial charge in [0.25, 0.3) is 0 Å². The molecule has 3 rings (SSSR count). The third-order valence-electron chi connectivity index (χ3n) is 4.30. The molecule has 8 heteroatoms. The summed E-state index contributed by atoms with van der Waals surface area (Å²) in [6, 6.07) is 3.56. The third kappa shape index (κ3) is 2.96. The zero-order chi connectivity index (χ0) is 16.6. The van der Waals surface area contributed by atoms with E-state index < -0.39 is 22.0 Å². The molecule has 0 aromatic heterocycles. The number of carbonyl (C=O) groups excluding carboxylic acids is 1. The van der Waals surface area contributed by atoms with E-state index in [0.717, 1.165) is 9.87 Å². The summed E-state index contributed by atoms with van der Waals surface area (Å²) < 4.78 is 26.6. The molecule has 0 saturated carbocycles. The second-order valence-corrected chi connectivity index (χ2v) is 7.72. The molecule has 0 spiro atoms. The fourth-order valence-corrected chi connectivity index (χ4v) is 4.82. The molecule has 0 radical (unpaired) electrons. The average Bonchev–Trinajstić information content (AvgIpc) is 2.92. The minimum absolute atomic E-state index is 0.0789. The van der Waals surface area contributed by atoms with Gasteiger partial charge in [-0.2, -0.15) is 4.31 Å². The van der Waals surface area contributed by atoms with Crippen LogP contribution in [0.5, 0.6) is 0 Å². The molecule has 1 fully saturated rings. The Balaban J connectivity index is 1.96. The molecule has 1 saturated heterocycles. The number of sulfonamides is 1. The van der Waals surface area contributed by atoms with Crippen LogP contribution in [0.25, 0.3) is 0 Å². The predicted molar refractivity (Wildman–Crippen MR) is 82.6 cm³/mol. The number of nitrogens with zero attached hydrogens (tertiary/aromatic N) is 1. The van der Waals surface area contributed by atoms with Crippen LogP contribution in [-0.4, -0.2) is 42.3 Å². The fraction of sp³-hybridized carbons (Fsp3) is 0.467. The van der Waals surface area contributed by atoms with E-state index in [1.165, 1.54) is 6.07 Å². The lowest BCUT2D eigenvalue weighted by Gasteiger charge is -2.21. The monoisotopic (exact) mass is 338 g/mol. The first kappa shape index (κ1) is 15.9. The van der Waals surface area contributed by atoms with Crippen LogP contribution in [-0.2, 0) is 26.0 Å². The van der Waals surface area contributed by atoms with Crippen LogP contribution in [0, 0.1) is 0 Å². The minimum atomic E-state index is -3.85. The fourth-order valence-electron chi connectivity index (χ4n) is 3.12. The van der Waals surface area contributed by atoms with Gasteiger partial charge in [-0.1, -0.05) is 0 Å². The van der Waals surface area contributed by atoms with Gasteiger partial charge < -0.3 is 10.4 Å². The summed E-state index contributed by atoms with van der Waals surface area (Å²) in [7, 11) is -3.85. The summed E-state index contributed by atoms with van der Waals surface area (Å²) in [5.74, 6) is -1.20. The third-order valence-corrected chi connectivity index (χ3v) is 6.20. The topological polar surface area (TPSA) is 104 Å². The number of aliphatic carboxylic acids is 1. The zero-order valence-corrected chi connectivity index (χ0v) is 13.3. The van der Waals surface area contributed by atoms with Crippen molar-refractivity contribution >= 4 is 27.6 Å². The second-order valence-electron chi connectivity index (χ2n) is 5.83. The lowest BCUT2D eigenvalue weighted by molar-refractivity contribution is -0.140. The van der Waals surface area contributed by atoms with Gasteiger partial charge in [0, 0.05) is 18.7 Å². The Hall–Kier alpha value is -1.93. The van der Waals surface area contributed by atoms with Gasteiger partial charge >= 0.3 is 5.97 Å². The van der Waals surface area contributed by atoms with Crippen LogP contribution in [0.4, 0.5) is 5.69 Å². The molecular formula is C15H18N2O5S. The number of anilines is 1. The van der Waals surface area contributed by atoms with Crippen molar-refractivity contribution in [2.24, 2.45) is 0 Å². The number of hydrogen-bond acceptors (Lipinski definition) is 4. The highest BCUT2D eigenvalue weighted by Gasteiger charge is 2.39. The van der Waals surface area contributed by atoms with Gasteiger partial charge in [-0.25, -0.2) is 8.42 Å². The Labute approximate surface area is 134 Å². The minimum Gasteiger partial charge on any atom is -0.480 e. The Bertz CT molecular complexity index is 759. The molecule has 124 valence electrons. The highest BCUT2D eigenvalue weighted by Crippen LogP contribution is 2.30. The quantitative estimate of drug-likeness (QED) is 0.862. The van der Waals surface area contributed by atoms with Crippen molar-refractivity contribution in [3.05, 3.63) is 23.8 Å². The van der Waals surface area contributed by atoms with E-state index in [0.29, 0.717) is 37.8 Å². The first-order chi connectivity index (χ1) is 10.9. The van der Waals surface area contributed by atoms with E-state index in [-0.39, 0.29) is 17.3 Å². The summed E-state index contributed by atoms with van der Waals surface area (Å²) in [4.78, 5) is 22.9. The van der Waals surface area contributed by atoms with Crippen LogP contribution in [0.2, 0.25) is 0 Å². The zero-order valence-electron chi connectivity index (χ0n) is 12.5. The smallest absolute Gasteiger partial charge is 0.322 e. The summed E-state index contributed by atoms with van der Waals surface area (Å²) in [5, 5.41) is 12.0. The van der Waals surface area contributed by atoms with Crippen molar-refractivity contribution in [2.45, 2.75) is 43.0 Å². The first-order valence-corrected chi connectivity index (χ1v) is 9.01. The maximum absolute atomic E-state index is 12.8. The normalized spacial score (nSPS) is 22.3. The molecule has 2 aliphatic rings. The van der Waals surface area contributed by atoms with Gasteiger partial charge in [0.2, 0.25) is 15.9 Å². The average molecular weight is 338 g/mol. The van der Waals surface area contributed by atoms with Crippen LogP contribution in [0.15, 0.2) is 23.1 Å². The Kier molecular flexibility index (Phi) is 4.11. The van der Waals surface area contributed by atoms with Crippen LogP contribution in [0.3, 0.4) is 0 Å². The number of benzene rings is 1. The largest absolute Gasteiger partial charge is 0.480 e. The maximum atomic E-state index is 12.8. The molecule has 23 heavy (non-hydrogen) atoms. The van der Waals surface area contributed by atoms with Crippen molar-refractivity contribution in [1.29, 1.82) is 0 Å². The van der Waals surface area contributed by atoms with E-state index >= 15 is 0 Å². The molecule has 2 heterocycles. The van der Waals surface area contributed by atoms with Gasteiger partial charge in [-0.3, -0.25) is 9.59 Å². The number of hydrogen-bond donors (Lipinski definition) is 2. The second kappa shape index (κ2) is 5.93. The number of nitrogens with one attached hydrogen (secondary N) is 1. The van der Waals surface area contributed by atoms with Gasteiger partial charge in [0.05, 0.1) is 4.90 Å². The molecular weight excluding hydrogens is 320 g/mol. The van der Waals surface area contributed by atoms with Crippen molar-refractivity contribution in [2.75, 3.05) is 11.9 Å². The molecule has 2 aliphatic heterocycles. The highest BCUT2D eigenvalue weighted by molar-refractivity contribution is 7.89. The lowest BCUT2D eigenvalue weighted by atomic mass is 10.1. The van der Waals surface area contributed by atoms with Crippen LogP contribution < -0.4 is 5.32 Å². The predicted octanol–water partition coefficient (Wildman–Crippen LogP) is 1.20. The molecule has 2 N–H and O–H groups in total. The molecule has 7 nitrogen and oxygen atoms in total. The van der Waals surface area contributed by atoms with Gasteiger partial charge in [-0.05, 0) is 49.4 Å². The Morgan fingerprint density at radius 1 is 1.26 bits per heavy atom. The van der Waals surface area contributed by atoms with Crippen molar-refractivity contribution in [1.82, 2.24) is 4.31 Å². The van der Waals surface area contributed by atoms with Gasteiger partial charge in [0.1, 0.15) is 6.04 Å². The molecule has 1 amide bonds.